The third-order valence-electron chi connectivity index (χ3n) is 2.09. The fourth-order valence-electron chi connectivity index (χ4n) is 1.19. The first-order valence-corrected chi connectivity index (χ1v) is 9.98. The van der Waals surface area contributed by atoms with Crippen molar-refractivity contribution in [3.05, 3.63) is 0 Å². The van der Waals surface area contributed by atoms with Gasteiger partial charge in [0.15, 0.2) is 0 Å². The van der Waals surface area contributed by atoms with Crippen molar-refractivity contribution in [3.8, 4) is 0 Å². The first-order chi connectivity index (χ1) is 11.2. The molecule has 0 unspecified atom stereocenters. The molecule has 0 aromatic carbocycles. The van der Waals surface area contributed by atoms with Crippen LogP contribution in [0.2, 0.25) is 0 Å². The van der Waals surface area contributed by atoms with Crippen LogP contribution < -0.4 is 0 Å². The van der Waals surface area contributed by atoms with Gasteiger partial charge in [-0.3, -0.25) is 9.05 Å². The summed E-state index contributed by atoms with van der Waals surface area (Å²) in [4.78, 5) is 33.6. The smallest absolute Gasteiger partial charge is 0.377 e. The van der Waals surface area contributed by atoms with Gasteiger partial charge in [0, 0.05) is 0 Å². The highest BCUT2D eigenvalue weighted by molar-refractivity contribution is 7.46. The molecule has 24 heavy (non-hydrogen) atoms. The van der Waals surface area contributed by atoms with E-state index in [-0.39, 0.29) is 39.6 Å². The molecule has 0 atom stereocenters. The van der Waals surface area contributed by atoms with Crippen LogP contribution in [0, 0.1) is 0 Å². The van der Waals surface area contributed by atoms with E-state index >= 15 is 0 Å². The van der Waals surface area contributed by atoms with Crippen molar-refractivity contribution in [3.63, 3.8) is 0 Å². The second-order valence-electron chi connectivity index (χ2n) is 4.10. The molecule has 0 saturated carbocycles. The van der Waals surface area contributed by atoms with E-state index in [2.05, 4.69) is 9.05 Å². The molecule has 0 heterocycles. The Hall–Kier alpha value is 0.0600. The number of rotatable bonds is 17. The fraction of sp³-hybridized carbons (Fsp3) is 1.00. The van der Waals surface area contributed by atoms with Gasteiger partial charge in [0.2, 0.25) is 0 Å². The third-order valence-corrected chi connectivity index (χ3v) is 3.13. The third kappa shape index (κ3) is 22.1. The van der Waals surface area contributed by atoms with Gasteiger partial charge in [-0.1, -0.05) is 0 Å². The lowest BCUT2D eigenvalue weighted by Crippen LogP contribution is -2.13. The molecule has 0 radical (unpaired) electrons. The first-order valence-electron chi connectivity index (χ1n) is 6.92. The maximum absolute atomic E-state index is 10.3. The Morgan fingerprint density at radius 3 is 0.875 bits per heavy atom. The molecule has 4 N–H and O–H groups in total. The zero-order valence-electron chi connectivity index (χ0n) is 13.0. The molecule has 0 rings (SSSR count). The van der Waals surface area contributed by atoms with E-state index in [1.54, 1.807) is 0 Å². The average Bonchev–Trinajstić information content (AvgIpc) is 2.44. The molecule has 146 valence electrons. The van der Waals surface area contributed by atoms with Gasteiger partial charge < -0.3 is 38.5 Å². The van der Waals surface area contributed by atoms with E-state index in [4.69, 9.17) is 38.5 Å². The van der Waals surface area contributed by atoms with Gasteiger partial charge in [0.05, 0.1) is 66.1 Å². The zero-order valence-corrected chi connectivity index (χ0v) is 14.8. The van der Waals surface area contributed by atoms with E-state index in [1.807, 2.05) is 0 Å². The molecule has 0 spiro atoms. The number of phosphoric acid groups is 2. The van der Waals surface area contributed by atoms with Crippen LogP contribution in [0.4, 0.5) is 0 Å². The Bertz CT molecular complexity index is 344. The molecule has 12 nitrogen and oxygen atoms in total. The minimum absolute atomic E-state index is 0.0496. The van der Waals surface area contributed by atoms with E-state index in [0.29, 0.717) is 26.4 Å². The fourth-order valence-corrected chi connectivity index (χ4v) is 1.82. The van der Waals surface area contributed by atoms with Gasteiger partial charge in [0.1, 0.15) is 0 Å². The van der Waals surface area contributed by atoms with Crippen molar-refractivity contribution in [2.24, 2.45) is 0 Å². The minimum atomic E-state index is -4.44. The van der Waals surface area contributed by atoms with Crippen LogP contribution in [0.3, 0.4) is 0 Å². The Labute approximate surface area is 139 Å². The van der Waals surface area contributed by atoms with E-state index in [9.17, 15) is 9.13 Å². The van der Waals surface area contributed by atoms with Gasteiger partial charge >= 0.3 is 15.6 Å². The van der Waals surface area contributed by atoms with E-state index < -0.39 is 15.6 Å². The summed E-state index contributed by atoms with van der Waals surface area (Å²) >= 11 is 0. The second-order valence-corrected chi connectivity index (χ2v) is 6.58. The molecule has 0 aliphatic carbocycles. The Morgan fingerprint density at radius 1 is 0.458 bits per heavy atom. The molecule has 0 aromatic heterocycles. The highest BCUT2D eigenvalue weighted by Crippen LogP contribution is 2.35. The lowest BCUT2D eigenvalue weighted by molar-refractivity contribution is -0.00858. The van der Waals surface area contributed by atoms with Crippen molar-refractivity contribution >= 4 is 15.6 Å². The summed E-state index contributed by atoms with van der Waals surface area (Å²) in [6.07, 6.45) is 0. The van der Waals surface area contributed by atoms with Gasteiger partial charge in [0.25, 0.3) is 0 Å². The molecule has 0 fully saturated rings. The van der Waals surface area contributed by atoms with Crippen molar-refractivity contribution in [2.45, 2.75) is 0 Å². The van der Waals surface area contributed by atoms with E-state index in [0.717, 1.165) is 0 Å². The summed E-state index contributed by atoms with van der Waals surface area (Å²) in [5.41, 5.74) is 0. The summed E-state index contributed by atoms with van der Waals surface area (Å²) in [6, 6.07) is 0. The Kier molecular flexibility index (Phi) is 14.3. The predicted octanol–water partition coefficient (Wildman–Crippen LogP) is -0.729. The van der Waals surface area contributed by atoms with Gasteiger partial charge in [-0.25, -0.2) is 9.13 Å². The van der Waals surface area contributed by atoms with Crippen LogP contribution >= 0.6 is 15.6 Å². The molecule has 0 bridgehead atoms. The summed E-state index contributed by atoms with van der Waals surface area (Å²) in [5.74, 6) is 0. The molecular formula is C10H24O12P2. The SMILES string of the molecule is O=P(O)(O)OCCOCCOCCOCCOCCOP(=O)(O)O. The van der Waals surface area contributed by atoms with Crippen molar-refractivity contribution in [1.29, 1.82) is 0 Å². The maximum Gasteiger partial charge on any atom is 0.469 e. The monoisotopic (exact) mass is 398 g/mol. The average molecular weight is 398 g/mol. The standard InChI is InChI=1S/C10H24O12P2/c11-23(12,13)21-9-7-19-5-3-17-1-2-18-4-6-20-8-10-22-24(14,15)16/h1-10H2,(H2,11,12,13)(H2,14,15,16). The molecule has 0 aliphatic heterocycles. The van der Waals surface area contributed by atoms with Crippen LogP contribution in [0.15, 0.2) is 0 Å². The van der Waals surface area contributed by atoms with Crippen molar-refractivity contribution in [1.82, 2.24) is 0 Å². The number of hydrogen-bond acceptors (Lipinski definition) is 8. The summed E-state index contributed by atoms with van der Waals surface area (Å²) < 4.78 is 49.4. The predicted molar refractivity (Wildman–Crippen MR) is 79.3 cm³/mol. The second kappa shape index (κ2) is 14.3. The zero-order chi connectivity index (χ0) is 18.3. The highest BCUT2D eigenvalue weighted by Gasteiger charge is 2.13. The molecule has 0 aromatic rings. The summed E-state index contributed by atoms with van der Waals surface area (Å²) in [7, 11) is -8.88. The normalized spacial score (nSPS) is 12.7. The quantitative estimate of drug-likeness (QED) is 0.179. The van der Waals surface area contributed by atoms with Crippen molar-refractivity contribution < 1.29 is 56.7 Å². The minimum Gasteiger partial charge on any atom is -0.377 e. The summed E-state index contributed by atoms with van der Waals surface area (Å²) in [5, 5.41) is 0. The number of phosphoric ester groups is 2. The Balaban J connectivity index is 3.10. The largest absolute Gasteiger partial charge is 0.469 e. The number of ether oxygens (including phenoxy) is 4. The molecule has 0 amide bonds. The molecule has 14 heteroatoms. The van der Waals surface area contributed by atoms with Crippen molar-refractivity contribution in [2.75, 3.05) is 66.1 Å². The molecule has 0 aliphatic rings. The molecule has 0 saturated heterocycles. The van der Waals surface area contributed by atoms with Crippen LogP contribution in [0.25, 0.3) is 0 Å². The Morgan fingerprint density at radius 2 is 0.667 bits per heavy atom. The number of hydrogen-bond donors (Lipinski definition) is 4. The van der Waals surface area contributed by atoms with Gasteiger partial charge in [-0.15, -0.1) is 0 Å². The van der Waals surface area contributed by atoms with Gasteiger partial charge in [-0.05, 0) is 0 Å². The maximum atomic E-state index is 10.3. The van der Waals surface area contributed by atoms with E-state index in [1.165, 1.54) is 0 Å². The van der Waals surface area contributed by atoms with Crippen LogP contribution in [-0.2, 0) is 37.1 Å². The van der Waals surface area contributed by atoms with Crippen LogP contribution in [0.1, 0.15) is 0 Å². The lowest BCUT2D eigenvalue weighted by Gasteiger charge is -2.08. The summed E-state index contributed by atoms with van der Waals surface area (Å²) in [6.45, 7) is 1.49. The van der Waals surface area contributed by atoms with Gasteiger partial charge in [-0.2, -0.15) is 0 Å². The van der Waals surface area contributed by atoms with Crippen LogP contribution in [-0.4, -0.2) is 85.6 Å². The first kappa shape index (κ1) is 24.1. The van der Waals surface area contributed by atoms with Crippen LogP contribution in [0.5, 0.6) is 0 Å². The topological polar surface area (TPSA) is 170 Å². The lowest BCUT2D eigenvalue weighted by atomic mass is 10.7. The highest BCUT2D eigenvalue weighted by atomic mass is 31.2. The molecular weight excluding hydrogens is 374 g/mol.